The first kappa shape index (κ1) is 21.4. The third kappa shape index (κ3) is 5.85. The van der Waals surface area contributed by atoms with Crippen molar-refractivity contribution in [2.45, 2.75) is 19.1 Å². The zero-order valence-corrected chi connectivity index (χ0v) is 17.5. The number of amides is 1. The van der Waals surface area contributed by atoms with Crippen molar-refractivity contribution in [2.75, 3.05) is 40.0 Å². The van der Waals surface area contributed by atoms with E-state index in [1.165, 1.54) is 0 Å². The van der Waals surface area contributed by atoms with E-state index in [-0.39, 0.29) is 11.9 Å². The van der Waals surface area contributed by atoms with Crippen LogP contribution in [-0.4, -0.2) is 56.9 Å². The summed E-state index contributed by atoms with van der Waals surface area (Å²) in [5, 5.41) is 3.71. The Kier molecular flexibility index (Phi) is 7.75. The molecule has 0 spiro atoms. The summed E-state index contributed by atoms with van der Waals surface area (Å²) < 4.78 is 16.4. The van der Waals surface area contributed by atoms with E-state index in [4.69, 9.17) is 25.8 Å². The largest absolute Gasteiger partial charge is 0.497 e. The predicted octanol–water partition coefficient (Wildman–Crippen LogP) is 3.31. The fraction of sp³-hybridized carbons (Fsp3) is 0.409. The van der Waals surface area contributed by atoms with E-state index >= 15 is 0 Å². The number of carbonyl (C=O) groups excluding carboxylic acids is 1. The van der Waals surface area contributed by atoms with Gasteiger partial charge in [-0.2, -0.15) is 0 Å². The second-order valence-electron chi connectivity index (χ2n) is 6.87. The number of methoxy groups -OCH3 is 1. The monoisotopic (exact) mass is 418 g/mol. The highest BCUT2D eigenvalue weighted by Gasteiger charge is 2.26. The smallest absolute Gasteiger partial charge is 0.260 e. The minimum Gasteiger partial charge on any atom is -0.497 e. The van der Waals surface area contributed by atoms with Crippen molar-refractivity contribution >= 4 is 17.5 Å². The van der Waals surface area contributed by atoms with E-state index in [1.807, 2.05) is 24.3 Å². The van der Waals surface area contributed by atoms with Crippen LogP contribution >= 0.6 is 11.6 Å². The van der Waals surface area contributed by atoms with Gasteiger partial charge in [0.25, 0.3) is 5.91 Å². The lowest BCUT2D eigenvalue weighted by molar-refractivity contribution is -0.127. The highest BCUT2D eigenvalue weighted by Crippen LogP contribution is 2.28. The molecule has 0 radical (unpaired) electrons. The van der Waals surface area contributed by atoms with E-state index in [9.17, 15) is 4.79 Å². The van der Waals surface area contributed by atoms with Crippen molar-refractivity contribution < 1.29 is 19.0 Å². The summed E-state index contributed by atoms with van der Waals surface area (Å²) in [6.45, 7) is 5.11. The van der Waals surface area contributed by atoms with Gasteiger partial charge in [0.1, 0.15) is 11.5 Å². The van der Waals surface area contributed by atoms with Crippen molar-refractivity contribution in [3.05, 3.63) is 59.1 Å². The quantitative estimate of drug-likeness (QED) is 0.712. The SMILES string of the molecule is COc1ccc(OC(C)C(=O)NCC(c2ccccc2Cl)N2CCOCC2)cc1. The number of carbonyl (C=O) groups is 1. The number of ether oxygens (including phenoxy) is 3. The van der Waals surface area contributed by atoms with Gasteiger partial charge >= 0.3 is 0 Å². The average molecular weight is 419 g/mol. The lowest BCUT2D eigenvalue weighted by Gasteiger charge is -2.35. The average Bonchev–Trinajstić information content (AvgIpc) is 2.76. The standard InChI is InChI=1S/C22H27ClN2O4/c1-16(29-18-9-7-17(27-2)8-10-18)22(26)24-15-21(25-11-13-28-14-12-25)19-5-3-4-6-20(19)23/h3-10,16,21H,11-15H2,1-2H3,(H,24,26). The maximum atomic E-state index is 12.6. The Labute approximate surface area is 176 Å². The van der Waals surface area contributed by atoms with Crippen molar-refractivity contribution in [3.8, 4) is 11.5 Å². The Morgan fingerprint density at radius 2 is 1.79 bits per heavy atom. The zero-order valence-electron chi connectivity index (χ0n) is 16.8. The Bertz CT molecular complexity index is 794. The van der Waals surface area contributed by atoms with Crippen molar-refractivity contribution in [3.63, 3.8) is 0 Å². The van der Waals surface area contributed by atoms with Crippen molar-refractivity contribution in [2.24, 2.45) is 0 Å². The summed E-state index contributed by atoms with van der Waals surface area (Å²) in [6.07, 6.45) is -0.625. The van der Waals surface area contributed by atoms with Crippen LogP contribution in [0.2, 0.25) is 5.02 Å². The molecule has 29 heavy (non-hydrogen) atoms. The van der Waals surface area contributed by atoms with Gasteiger partial charge in [0.15, 0.2) is 6.10 Å². The number of hydrogen-bond donors (Lipinski definition) is 1. The van der Waals surface area contributed by atoms with Gasteiger partial charge in [-0.25, -0.2) is 0 Å². The third-order valence-electron chi connectivity index (χ3n) is 4.96. The number of hydrogen-bond acceptors (Lipinski definition) is 5. The molecule has 1 amide bonds. The van der Waals surface area contributed by atoms with E-state index in [1.54, 1.807) is 38.3 Å². The Balaban J connectivity index is 1.63. The van der Waals surface area contributed by atoms with Gasteiger partial charge in [0.05, 0.1) is 26.4 Å². The second kappa shape index (κ2) is 10.5. The van der Waals surface area contributed by atoms with Gasteiger partial charge in [-0.05, 0) is 42.8 Å². The van der Waals surface area contributed by atoms with E-state index < -0.39 is 6.10 Å². The number of nitrogens with one attached hydrogen (secondary N) is 1. The molecule has 1 aliphatic heterocycles. The molecule has 2 unspecified atom stereocenters. The van der Waals surface area contributed by atoms with E-state index in [0.29, 0.717) is 30.5 Å². The predicted molar refractivity (Wildman–Crippen MR) is 113 cm³/mol. The molecule has 156 valence electrons. The number of halogens is 1. The topological polar surface area (TPSA) is 60.0 Å². The molecule has 7 heteroatoms. The normalized spacial score (nSPS) is 16.7. The van der Waals surface area contributed by atoms with Crippen LogP contribution in [0.5, 0.6) is 11.5 Å². The highest BCUT2D eigenvalue weighted by molar-refractivity contribution is 6.31. The molecule has 6 nitrogen and oxygen atoms in total. The summed E-state index contributed by atoms with van der Waals surface area (Å²) in [5.41, 5.74) is 1.00. The number of rotatable bonds is 8. The summed E-state index contributed by atoms with van der Waals surface area (Å²) in [7, 11) is 1.61. The molecule has 1 N–H and O–H groups in total. The Hall–Kier alpha value is -2.28. The van der Waals surface area contributed by atoms with Gasteiger partial charge in [-0.1, -0.05) is 29.8 Å². The van der Waals surface area contributed by atoms with E-state index in [0.717, 1.165) is 24.4 Å². The molecule has 1 heterocycles. The molecule has 0 aromatic heterocycles. The van der Waals surface area contributed by atoms with Gasteiger partial charge < -0.3 is 19.5 Å². The molecule has 1 fully saturated rings. The summed E-state index contributed by atoms with van der Waals surface area (Å²) in [4.78, 5) is 14.9. The van der Waals surface area contributed by atoms with Gasteiger partial charge in [0, 0.05) is 24.7 Å². The minimum absolute atomic E-state index is 0.0234. The number of morpholine rings is 1. The van der Waals surface area contributed by atoms with Crippen LogP contribution in [0.1, 0.15) is 18.5 Å². The summed E-state index contributed by atoms with van der Waals surface area (Å²) in [6, 6.07) is 14.9. The second-order valence-corrected chi connectivity index (χ2v) is 7.27. The summed E-state index contributed by atoms with van der Waals surface area (Å²) in [5.74, 6) is 1.18. The van der Waals surface area contributed by atoms with Crippen LogP contribution in [-0.2, 0) is 9.53 Å². The highest BCUT2D eigenvalue weighted by atomic mass is 35.5. The molecular formula is C22H27ClN2O4. The van der Waals surface area contributed by atoms with Crippen LogP contribution in [0.15, 0.2) is 48.5 Å². The van der Waals surface area contributed by atoms with Crippen LogP contribution in [0.3, 0.4) is 0 Å². The zero-order chi connectivity index (χ0) is 20.6. The molecule has 1 saturated heterocycles. The molecule has 0 bridgehead atoms. The molecule has 3 rings (SSSR count). The van der Waals surface area contributed by atoms with E-state index in [2.05, 4.69) is 10.2 Å². The van der Waals surface area contributed by atoms with Gasteiger partial charge in [-0.3, -0.25) is 9.69 Å². The van der Waals surface area contributed by atoms with Crippen LogP contribution < -0.4 is 14.8 Å². The lowest BCUT2D eigenvalue weighted by atomic mass is 10.0. The van der Waals surface area contributed by atoms with Gasteiger partial charge in [-0.15, -0.1) is 0 Å². The molecule has 1 aliphatic rings. The van der Waals surface area contributed by atoms with Crippen LogP contribution in [0, 0.1) is 0 Å². The van der Waals surface area contributed by atoms with Crippen LogP contribution in [0.4, 0.5) is 0 Å². The van der Waals surface area contributed by atoms with Gasteiger partial charge in [0.2, 0.25) is 0 Å². The molecule has 2 aromatic carbocycles. The molecule has 2 aromatic rings. The first-order valence-electron chi connectivity index (χ1n) is 9.73. The Morgan fingerprint density at radius 1 is 1.14 bits per heavy atom. The molecule has 0 saturated carbocycles. The minimum atomic E-state index is -0.625. The maximum absolute atomic E-state index is 12.6. The number of nitrogens with zero attached hydrogens (tertiary/aromatic N) is 1. The number of benzene rings is 2. The summed E-state index contributed by atoms with van der Waals surface area (Å²) >= 11 is 6.44. The fourth-order valence-electron chi connectivity index (χ4n) is 3.32. The molecular weight excluding hydrogens is 392 g/mol. The van der Waals surface area contributed by atoms with Crippen molar-refractivity contribution in [1.29, 1.82) is 0 Å². The first-order valence-corrected chi connectivity index (χ1v) is 10.1. The van der Waals surface area contributed by atoms with Crippen LogP contribution in [0.25, 0.3) is 0 Å². The maximum Gasteiger partial charge on any atom is 0.260 e. The third-order valence-corrected chi connectivity index (χ3v) is 5.31. The lowest BCUT2D eigenvalue weighted by Crippen LogP contribution is -2.46. The van der Waals surface area contributed by atoms with Crippen molar-refractivity contribution in [1.82, 2.24) is 10.2 Å². The molecule has 0 aliphatic carbocycles. The first-order chi connectivity index (χ1) is 14.1. The fourth-order valence-corrected chi connectivity index (χ4v) is 3.58. The Morgan fingerprint density at radius 3 is 2.45 bits per heavy atom. The molecule has 2 atom stereocenters.